The van der Waals surface area contributed by atoms with Gasteiger partial charge in [-0.1, -0.05) is 52.9 Å². The monoisotopic (exact) mass is 406 g/mol. The fraction of sp³-hybridized carbons (Fsp3) is 0.591. The van der Waals surface area contributed by atoms with Crippen LogP contribution < -0.4 is 15.8 Å². The molecule has 7 nitrogen and oxygen atoms in total. The molecule has 0 radical (unpaired) electrons. The van der Waals surface area contributed by atoms with E-state index in [9.17, 15) is 14.4 Å². The van der Waals surface area contributed by atoms with Crippen molar-refractivity contribution in [3.8, 4) is 5.75 Å². The third-order valence-corrected chi connectivity index (χ3v) is 4.48. The van der Waals surface area contributed by atoms with E-state index in [2.05, 4.69) is 12.2 Å². The lowest BCUT2D eigenvalue weighted by atomic mass is 10.0. The molecule has 1 unspecified atom stereocenters. The Morgan fingerprint density at radius 3 is 2.21 bits per heavy atom. The highest BCUT2D eigenvalue weighted by molar-refractivity contribution is 5.89. The summed E-state index contributed by atoms with van der Waals surface area (Å²) in [6.07, 6.45) is 6.79. The van der Waals surface area contributed by atoms with Gasteiger partial charge in [0.1, 0.15) is 11.8 Å². The molecule has 0 fully saturated rings. The van der Waals surface area contributed by atoms with Gasteiger partial charge in [-0.25, -0.2) is 4.79 Å². The van der Waals surface area contributed by atoms with Crippen LogP contribution >= 0.6 is 0 Å². The van der Waals surface area contributed by atoms with Gasteiger partial charge in [0, 0.05) is 0 Å². The Balaban J connectivity index is 2.35. The van der Waals surface area contributed by atoms with E-state index in [1.807, 2.05) is 0 Å². The maximum absolute atomic E-state index is 12.0. The van der Waals surface area contributed by atoms with Crippen LogP contribution in [0, 0.1) is 5.92 Å². The first-order valence-corrected chi connectivity index (χ1v) is 10.3. The van der Waals surface area contributed by atoms with Crippen molar-refractivity contribution in [3.05, 3.63) is 29.8 Å². The third-order valence-electron chi connectivity index (χ3n) is 4.48. The van der Waals surface area contributed by atoms with Crippen LogP contribution in [-0.4, -0.2) is 37.0 Å². The number of carbonyl (C=O) groups is 3. The molecular formula is C22H34N2O5. The van der Waals surface area contributed by atoms with Crippen molar-refractivity contribution in [1.82, 2.24) is 5.32 Å². The van der Waals surface area contributed by atoms with E-state index in [-0.39, 0.29) is 18.5 Å². The number of nitrogens with one attached hydrogen (secondary N) is 1. The van der Waals surface area contributed by atoms with Gasteiger partial charge >= 0.3 is 5.97 Å². The van der Waals surface area contributed by atoms with E-state index in [0.717, 1.165) is 12.8 Å². The van der Waals surface area contributed by atoms with Crippen molar-refractivity contribution in [2.24, 2.45) is 11.7 Å². The Bertz CT molecular complexity index is 643. The van der Waals surface area contributed by atoms with E-state index < -0.39 is 17.9 Å². The van der Waals surface area contributed by atoms with Gasteiger partial charge in [0.15, 0.2) is 6.61 Å². The number of benzene rings is 1. The molecule has 29 heavy (non-hydrogen) atoms. The van der Waals surface area contributed by atoms with E-state index in [1.54, 1.807) is 38.1 Å². The summed E-state index contributed by atoms with van der Waals surface area (Å²) in [5, 5.41) is 2.55. The Morgan fingerprint density at radius 1 is 1.00 bits per heavy atom. The van der Waals surface area contributed by atoms with Gasteiger partial charge < -0.3 is 20.5 Å². The summed E-state index contributed by atoms with van der Waals surface area (Å²) in [4.78, 5) is 35.3. The van der Waals surface area contributed by atoms with E-state index in [4.69, 9.17) is 15.2 Å². The van der Waals surface area contributed by atoms with Gasteiger partial charge in [-0.2, -0.15) is 0 Å². The summed E-state index contributed by atoms with van der Waals surface area (Å²) in [7, 11) is 0. The van der Waals surface area contributed by atoms with Crippen LogP contribution in [0.1, 0.15) is 69.7 Å². The first-order chi connectivity index (χ1) is 13.8. The van der Waals surface area contributed by atoms with Crippen molar-refractivity contribution >= 4 is 17.8 Å². The molecule has 1 rings (SSSR count). The van der Waals surface area contributed by atoms with Gasteiger partial charge in [-0.3, -0.25) is 9.59 Å². The lowest BCUT2D eigenvalue weighted by Gasteiger charge is -2.18. The van der Waals surface area contributed by atoms with Crippen LogP contribution in [0.25, 0.3) is 0 Å². The third kappa shape index (κ3) is 9.96. The first kappa shape index (κ1) is 24.5. The Kier molecular flexibility index (Phi) is 11.5. The predicted molar refractivity (Wildman–Crippen MR) is 112 cm³/mol. The summed E-state index contributed by atoms with van der Waals surface area (Å²) >= 11 is 0. The number of esters is 1. The number of carbonyl (C=O) groups excluding carboxylic acids is 3. The Labute approximate surface area is 173 Å². The largest absolute Gasteiger partial charge is 0.484 e. The number of unbranched alkanes of at least 4 members (excludes halogenated alkanes) is 5. The predicted octanol–water partition coefficient (Wildman–Crippen LogP) is 3.21. The highest BCUT2D eigenvalue weighted by Crippen LogP contribution is 2.13. The van der Waals surface area contributed by atoms with Crippen LogP contribution in [-0.2, 0) is 14.3 Å². The lowest BCUT2D eigenvalue weighted by Crippen LogP contribution is -2.49. The molecule has 0 aromatic heterocycles. The molecule has 7 heteroatoms. The standard InChI is InChI=1S/C22H34N2O5/c1-4-5-6-7-8-9-14-28-22(27)17-10-12-18(13-11-17)29-15-19(25)24-20(16(2)3)21(23)26/h10-13,16,20H,4-9,14-15H2,1-3H3,(H2,23,26)(H,24,25). The second-order valence-electron chi connectivity index (χ2n) is 7.41. The molecular weight excluding hydrogens is 372 g/mol. The number of nitrogens with two attached hydrogens (primary N) is 1. The van der Waals surface area contributed by atoms with E-state index in [1.165, 1.54) is 25.7 Å². The zero-order chi connectivity index (χ0) is 21.6. The maximum Gasteiger partial charge on any atom is 0.338 e. The molecule has 162 valence electrons. The number of primary amides is 1. The number of hydrogen-bond acceptors (Lipinski definition) is 5. The summed E-state index contributed by atoms with van der Waals surface area (Å²) in [6, 6.07) is 5.65. The maximum atomic E-state index is 12.0. The number of hydrogen-bond donors (Lipinski definition) is 2. The quantitative estimate of drug-likeness (QED) is 0.364. The molecule has 1 aromatic carbocycles. The van der Waals surface area contributed by atoms with Gasteiger partial charge in [0.05, 0.1) is 12.2 Å². The van der Waals surface area contributed by atoms with Gasteiger partial charge in [0.25, 0.3) is 5.91 Å². The molecule has 0 aliphatic heterocycles. The lowest BCUT2D eigenvalue weighted by molar-refractivity contribution is -0.129. The summed E-state index contributed by atoms with van der Waals surface area (Å²) in [6.45, 7) is 5.93. The Morgan fingerprint density at radius 2 is 1.62 bits per heavy atom. The Hall–Kier alpha value is -2.57. The average Bonchev–Trinajstić information content (AvgIpc) is 2.69. The number of rotatable bonds is 14. The highest BCUT2D eigenvalue weighted by atomic mass is 16.5. The molecule has 2 amide bonds. The molecule has 0 saturated carbocycles. The van der Waals surface area contributed by atoms with Crippen molar-refractivity contribution in [2.45, 2.75) is 65.3 Å². The summed E-state index contributed by atoms with van der Waals surface area (Å²) in [5.41, 5.74) is 5.70. The second-order valence-corrected chi connectivity index (χ2v) is 7.41. The molecule has 0 aliphatic carbocycles. The van der Waals surface area contributed by atoms with Crippen LogP contribution in [0.4, 0.5) is 0 Å². The number of ether oxygens (including phenoxy) is 2. The SMILES string of the molecule is CCCCCCCCOC(=O)c1ccc(OCC(=O)NC(C(N)=O)C(C)C)cc1. The molecule has 0 heterocycles. The van der Waals surface area contributed by atoms with Crippen molar-refractivity contribution in [1.29, 1.82) is 0 Å². The first-order valence-electron chi connectivity index (χ1n) is 10.3. The zero-order valence-corrected chi connectivity index (χ0v) is 17.7. The smallest absolute Gasteiger partial charge is 0.338 e. The minimum atomic E-state index is -0.741. The molecule has 1 atom stereocenters. The van der Waals surface area contributed by atoms with Crippen molar-refractivity contribution in [2.75, 3.05) is 13.2 Å². The van der Waals surface area contributed by atoms with Gasteiger partial charge in [-0.05, 0) is 36.6 Å². The van der Waals surface area contributed by atoms with Crippen molar-refractivity contribution < 1.29 is 23.9 Å². The minimum absolute atomic E-state index is 0.113. The molecule has 0 saturated heterocycles. The van der Waals surface area contributed by atoms with Crippen LogP contribution in [0.15, 0.2) is 24.3 Å². The summed E-state index contributed by atoms with van der Waals surface area (Å²) < 4.78 is 10.7. The fourth-order valence-corrected chi connectivity index (χ4v) is 2.75. The normalized spacial score (nSPS) is 11.7. The zero-order valence-electron chi connectivity index (χ0n) is 17.7. The van der Waals surface area contributed by atoms with E-state index >= 15 is 0 Å². The topological polar surface area (TPSA) is 108 Å². The molecule has 1 aromatic rings. The van der Waals surface area contributed by atoms with Crippen LogP contribution in [0.2, 0.25) is 0 Å². The fourth-order valence-electron chi connectivity index (χ4n) is 2.75. The second kappa shape index (κ2) is 13.6. The summed E-state index contributed by atoms with van der Waals surface area (Å²) in [5.74, 6) is -1.07. The molecule has 3 N–H and O–H groups in total. The van der Waals surface area contributed by atoms with E-state index in [0.29, 0.717) is 17.9 Å². The average molecular weight is 407 g/mol. The van der Waals surface area contributed by atoms with Gasteiger partial charge in [0.2, 0.25) is 5.91 Å². The molecule has 0 aliphatic rings. The van der Waals surface area contributed by atoms with Crippen LogP contribution in [0.5, 0.6) is 5.75 Å². The molecule has 0 bridgehead atoms. The highest BCUT2D eigenvalue weighted by Gasteiger charge is 2.21. The van der Waals surface area contributed by atoms with Gasteiger partial charge in [-0.15, -0.1) is 0 Å². The molecule has 0 spiro atoms. The minimum Gasteiger partial charge on any atom is -0.484 e. The van der Waals surface area contributed by atoms with Crippen LogP contribution in [0.3, 0.4) is 0 Å². The number of amides is 2. The van der Waals surface area contributed by atoms with Crippen molar-refractivity contribution in [3.63, 3.8) is 0 Å².